The molecule has 0 spiro atoms. The highest BCUT2D eigenvalue weighted by Crippen LogP contribution is 2.42. The number of urea groups is 1. The van der Waals surface area contributed by atoms with E-state index >= 15 is 0 Å². The van der Waals surface area contributed by atoms with Gasteiger partial charge in [-0.25, -0.2) is 13.2 Å². The van der Waals surface area contributed by atoms with Crippen molar-refractivity contribution in [2.45, 2.75) is 43.8 Å². The van der Waals surface area contributed by atoms with E-state index in [1.165, 1.54) is 11.8 Å². The molecule has 0 aromatic heterocycles. The number of aryl methyl sites for hydroxylation is 1. The summed E-state index contributed by atoms with van der Waals surface area (Å²) in [7, 11) is -3.12. The Morgan fingerprint density at radius 2 is 1.74 bits per heavy atom. The average molecular weight is 338 g/mol. The van der Waals surface area contributed by atoms with Gasteiger partial charge in [0.15, 0.2) is 9.84 Å². The molecule has 0 radical (unpaired) electrons. The summed E-state index contributed by atoms with van der Waals surface area (Å²) in [6, 6.07) is 7.93. The molecule has 23 heavy (non-hydrogen) atoms. The first kappa shape index (κ1) is 17.8. The fraction of sp³-hybridized carbons (Fsp3) is 0.588. The standard InChI is InChI=1S/C17H26N2O3S/c1-13-5-7-14(8-6-13)16(2,3)11-18-15(20)19-12-17(9-10-17)23(4,21)22/h5-8H,9-12H2,1-4H3,(H2,18,19,20). The van der Waals surface area contributed by atoms with Gasteiger partial charge in [0.25, 0.3) is 0 Å². The molecule has 0 bridgehead atoms. The van der Waals surface area contributed by atoms with Crippen LogP contribution in [0, 0.1) is 6.92 Å². The minimum absolute atomic E-state index is 0.183. The maximum Gasteiger partial charge on any atom is 0.314 e. The van der Waals surface area contributed by atoms with E-state index in [-0.39, 0.29) is 18.0 Å². The number of rotatable bonds is 6. The molecule has 2 N–H and O–H groups in total. The van der Waals surface area contributed by atoms with Crippen LogP contribution in [0.3, 0.4) is 0 Å². The quantitative estimate of drug-likeness (QED) is 0.834. The summed E-state index contributed by atoms with van der Waals surface area (Å²) in [6.07, 6.45) is 2.49. The SMILES string of the molecule is Cc1ccc(C(C)(C)CNC(=O)NCC2(S(C)(=O)=O)CC2)cc1. The van der Waals surface area contributed by atoms with Gasteiger partial charge in [0.05, 0.1) is 4.75 Å². The van der Waals surface area contributed by atoms with Crippen LogP contribution in [-0.4, -0.2) is 38.5 Å². The number of hydrogen-bond acceptors (Lipinski definition) is 3. The second-order valence-corrected chi connectivity index (χ2v) is 9.65. The zero-order valence-electron chi connectivity index (χ0n) is 14.3. The summed E-state index contributed by atoms with van der Waals surface area (Å²) in [4.78, 5) is 12.0. The Morgan fingerprint density at radius 3 is 2.22 bits per heavy atom. The molecule has 1 aromatic carbocycles. The summed E-state index contributed by atoms with van der Waals surface area (Å²) in [5.74, 6) is 0. The third-order valence-electron chi connectivity index (χ3n) is 4.69. The average Bonchev–Trinajstić information content (AvgIpc) is 3.24. The molecule has 1 aliphatic carbocycles. The summed E-state index contributed by atoms with van der Waals surface area (Å²) in [6.45, 7) is 6.84. The Hall–Kier alpha value is -1.56. The van der Waals surface area contributed by atoms with Crippen LogP contribution in [0.25, 0.3) is 0 Å². The Bertz CT molecular complexity index is 674. The van der Waals surface area contributed by atoms with Crippen LogP contribution < -0.4 is 10.6 Å². The Balaban J connectivity index is 1.85. The first-order valence-electron chi connectivity index (χ1n) is 7.84. The van der Waals surface area contributed by atoms with Crippen molar-refractivity contribution < 1.29 is 13.2 Å². The normalized spacial score (nSPS) is 16.7. The van der Waals surface area contributed by atoms with Crippen molar-refractivity contribution in [1.82, 2.24) is 10.6 Å². The van der Waals surface area contributed by atoms with Crippen molar-refractivity contribution >= 4 is 15.9 Å². The molecule has 0 atom stereocenters. The zero-order valence-corrected chi connectivity index (χ0v) is 15.1. The predicted molar refractivity (Wildman–Crippen MR) is 92.4 cm³/mol. The number of sulfone groups is 1. The molecule has 0 unspecified atom stereocenters. The van der Waals surface area contributed by atoms with Crippen molar-refractivity contribution in [2.24, 2.45) is 0 Å². The van der Waals surface area contributed by atoms with E-state index in [1.54, 1.807) is 0 Å². The molecule has 2 amide bonds. The molecule has 0 saturated heterocycles. The summed E-state index contributed by atoms with van der Waals surface area (Å²) in [5, 5.41) is 5.54. The Kier molecular flexibility index (Phi) is 4.76. The van der Waals surface area contributed by atoms with Gasteiger partial charge in [0, 0.05) is 24.8 Å². The first-order valence-corrected chi connectivity index (χ1v) is 9.73. The van der Waals surface area contributed by atoms with Gasteiger partial charge < -0.3 is 10.6 Å². The van der Waals surface area contributed by atoms with Gasteiger partial charge in [-0.1, -0.05) is 43.7 Å². The van der Waals surface area contributed by atoms with E-state index < -0.39 is 14.6 Å². The second kappa shape index (κ2) is 6.15. The number of carbonyl (C=O) groups excluding carboxylic acids is 1. The lowest BCUT2D eigenvalue weighted by atomic mass is 9.84. The van der Waals surface area contributed by atoms with Crippen LogP contribution >= 0.6 is 0 Å². The fourth-order valence-electron chi connectivity index (χ4n) is 2.53. The maximum atomic E-state index is 12.0. The summed E-state index contributed by atoms with van der Waals surface area (Å²) >= 11 is 0. The highest BCUT2D eigenvalue weighted by Gasteiger charge is 2.52. The van der Waals surface area contributed by atoms with E-state index in [2.05, 4.69) is 48.7 Å². The van der Waals surface area contributed by atoms with Crippen molar-refractivity contribution in [1.29, 1.82) is 0 Å². The Labute approximate surface area is 138 Å². The van der Waals surface area contributed by atoms with E-state index in [9.17, 15) is 13.2 Å². The maximum absolute atomic E-state index is 12.0. The van der Waals surface area contributed by atoms with Gasteiger partial charge in [0.2, 0.25) is 0 Å². The summed E-state index contributed by atoms with van der Waals surface area (Å²) < 4.78 is 22.6. The van der Waals surface area contributed by atoms with Crippen molar-refractivity contribution in [3.63, 3.8) is 0 Å². The molecule has 2 rings (SSSR count). The monoisotopic (exact) mass is 338 g/mol. The topological polar surface area (TPSA) is 75.3 Å². The predicted octanol–water partition coefficient (Wildman–Crippen LogP) is 2.15. The fourth-order valence-corrected chi connectivity index (χ4v) is 3.71. The highest BCUT2D eigenvalue weighted by atomic mass is 32.2. The molecule has 128 valence electrons. The van der Waals surface area contributed by atoms with Crippen LogP contribution in [0.1, 0.15) is 37.8 Å². The molecule has 0 aliphatic heterocycles. The molecular formula is C17H26N2O3S. The minimum atomic E-state index is -3.12. The van der Waals surface area contributed by atoms with Gasteiger partial charge in [-0.2, -0.15) is 0 Å². The number of carbonyl (C=O) groups is 1. The van der Waals surface area contributed by atoms with Gasteiger partial charge in [-0.3, -0.25) is 0 Å². The lowest BCUT2D eigenvalue weighted by molar-refractivity contribution is 0.238. The number of benzene rings is 1. The Morgan fingerprint density at radius 1 is 1.17 bits per heavy atom. The molecule has 1 saturated carbocycles. The highest BCUT2D eigenvalue weighted by molar-refractivity contribution is 7.92. The van der Waals surface area contributed by atoms with Gasteiger partial charge in [-0.05, 0) is 25.3 Å². The molecule has 0 heterocycles. The smallest absolute Gasteiger partial charge is 0.314 e. The van der Waals surface area contributed by atoms with Crippen molar-refractivity contribution in [2.75, 3.05) is 19.3 Å². The van der Waals surface area contributed by atoms with Crippen LogP contribution in [0.15, 0.2) is 24.3 Å². The van der Waals surface area contributed by atoms with Crippen molar-refractivity contribution in [3.05, 3.63) is 35.4 Å². The lowest BCUT2D eigenvalue weighted by Gasteiger charge is -2.26. The zero-order chi connectivity index (χ0) is 17.3. The van der Waals surface area contributed by atoms with Gasteiger partial charge in [-0.15, -0.1) is 0 Å². The van der Waals surface area contributed by atoms with Gasteiger partial charge in [0.1, 0.15) is 0 Å². The second-order valence-electron chi connectivity index (χ2n) is 7.24. The number of amides is 2. The third-order valence-corrected chi connectivity index (χ3v) is 6.82. The lowest BCUT2D eigenvalue weighted by Crippen LogP contribution is -2.46. The van der Waals surface area contributed by atoms with Gasteiger partial charge >= 0.3 is 6.03 Å². The van der Waals surface area contributed by atoms with E-state index in [1.807, 2.05) is 6.92 Å². The molecule has 1 fully saturated rings. The van der Waals surface area contributed by atoms with Crippen LogP contribution in [0.2, 0.25) is 0 Å². The van der Waals surface area contributed by atoms with Crippen LogP contribution in [0.5, 0.6) is 0 Å². The largest absolute Gasteiger partial charge is 0.337 e. The number of hydrogen-bond donors (Lipinski definition) is 2. The first-order chi connectivity index (χ1) is 10.6. The summed E-state index contributed by atoms with van der Waals surface area (Å²) in [5.41, 5.74) is 2.16. The van der Waals surface area contributed by atoms with Crippen LogP contribution in [-0.2, 0) is 15.3 Å². The minimum Gasteiger partial charge on any atom is -0.337 e. The number of nitrogens with one attached hydrogen (secondary N) is 2. The molecule has 1 aliphatic rings. The molecule has 5 nitrogen and oxygen atoms in total. The third kappa shape index (κ3) is 4.25. The van der Waals surface area contributed by atoms with Crippen molar-refractivity contribution in [3.8, 4) is 0 Å². The molecule has 1 aromatic rings. The van der Waals surface area contributed by atoms with E-state index in [0.29, 0.717) is 19.4 Å². The van der Waals surface area contributed by atoms with E-state index in [4.69, 9.17) is 0 Å². The molecule has 6 heteroatoms. The van der Waals surface area contributed by atoms with E-state index in [0.717, 1.165) is 5.56 Å². The van der Waals surface area contributed by atoms with Crippen LogP contribution in [0.4, 0.5) is 4.79 Å². The molecular weight excluding hydrogens is 312 g/mol.